The van der Waals surface area contributed by atoms with Gasteiger partial charge in [0.1, 0.15) is 18.1 Å². The number of carbonyl (C=O) groups excluding carboxylic acids is 1. The van der Waals surface area contributed by atoms with Crippen molar-refractivity contribution in [3.63, 3.8) is 0 Å². The van der Waals surface area contributed by atoms with Crippen LogP contribution >= 0.6 is 0 Å². The van der Waals surface area contributed by atoms with Crippen LogP contribution < -0.4 is 9.47 Å². The summed E-state index contributed by atoms with van der Waals surface area (Å²) in [5.41, 5.74) is 5.84. The number of aryl methyl sites for hydroxylation is 3. The van der Waals surface area contributed by atoms with E-state index < -0.39 is 0 Å². The van der Waals surface area contributed by atoms with Crippen LogP contribution in [0.5, 0.6) is 11.5 Å². The average Bonchev–Trinajstić information content (AvgIpc) is 3.34. The molecule has 24 heavy (non-hydrogen) atoms. The van der Waals surface area contributed by atoms with Crippen LogP contribution in [0.4, 0.5) is 0 Å². The Morgan fingerprint density at radius 3 is 2.42 bits per heavy atom. The molecule has 0 amide bonds. The molecule has 126 valence electrons. The third-order valence-corrected chi connectivity index (χ3v) is 4.60. The molecule has 3 rings (SSSR count). The largest absolute Gasteiger partial charge is 0.488 e. The predicted octanol–water partition coefficient (Wildman–Crippen LogP) is 4.99. The van der Waals surface area contributed by atoms with Crippen molar-refractivity contribution < 1.29 is 14.3 Å². The van der Waals surface area contributed by atoms with Gasteiger partial charge in [-0.15, -0.1) is 0 Å². The van der Waals surface area contributed by atoms with E-state index in [0.29, 0.717) is 18.3 Å². The lowest BCUT2D eigenvalue weighted by Crippen LogP contribution is -2.08. The van der Waals surface area contributed by atoms with Crippen LogP contribution in [-0.2, 0) is 11.4 Å². The highest BCUT2D eigenvalue weighted by Crippen LogP contribution is 2.44. The van der Waals surface area contributed by atoms with Crippen LogP contribution in [0, 0.1) is 20.8 Å². The van der Waals surface area contributed by atoms with E-state index in [1.165, 1.54) is 36.5 Å². The molecular formula is C21H24O3. The molecule has 0 heterocycles. The van der Waals surface area contributed by atoms with Gasteiger partial charge in [0.05, 0.1) is 0 Å². The molecule has 0 spiro atoms. The monoisotopic (exact) mass is 324 g/mol. The molecule has 0 atom stereocenters. The first kappa shape index (κ1) is 16.6. The number of hydrogen-bond donors (Lipinski definition) is 0. The number of benzene rings is 2. The van der Waals surface area contributed by atoms with Crippen molar-refractivity contribution in [1.29, 1.82) is 0 Å². The maximum atomic E-state index is 11.4. The third kappa shape index (κ3) is 3.61. The quantitative estimate of drug-likeness (QED) is 0.574. The van der Waals surface area contributed by atoms with Crippen LogP contribution in [-0.4, -0.2) is 5.97 Å². The summed E-state index contributed by atoms with van der Waals surface area (Å²) >= 11 is 0. The maximum absolute atomic E-state index is 11.4. The summed E-state index contributed by atoms with van der Waals surface area (Å²) in [5, 5.41) is 0. The highest BCUT2D eigenvalue weighted by molar-refractivity contribution is 5.70. The second kappa shape index (κ2) is 6.68. The van der Waals surface area contributed by atoms with Gasteiger partial charge in [-0.1, -0.05) is 18.2 Å². The highest BCUT2D eigenvalue weighted by atomic mass is 16.5. The summed E-state index contributed by atoms with van der Waals surface area (Å²) in [6.07, 6.45) is 2.39. The van der Waals surface area contributed by atoms with Crippen molar-refractivity contribution in [3.05, 3.63) is 58.1 Å². The molecule has 0 N–H and O–H groups in total. The molecule has 0 bridgehead atoms. The van der Waals surface area contributed by atoms with Crippen LogP contribution in [0.25, 0.3) is 0 Å². The first-order valence-corrected chi connectivity index (χ1v) is 8.46. The molecule has 0 aliphatic heterocycles. The van der Waals surface area contributed by atoms with Gasteiger partial charge in [-0.2, -0.15) is 0 Å². The topological polar surface area (TPSA) is 35.5 Å². The van der Waals surface area contributed by atoms with E-state index in [4.69, 9.17) is 9.47 Å². The Hall–Kier alpha value is -2.29. The Bertz CT molecular complexity index is 773. The lowest BCUT2D eigenvalue weighted by atomic mass is 10.0. The van der Waals surface area contributed by atoms with Crippen molar-refractivity contribution in [3.8, 4) is 11.5 Å². The third-order valence-electron chi connectivity index (χ3n) is 4.60. The lowest BCUT2D eigenvalue weighted by molar-refractivity contribution is -0.131. The predicted molar refractivity (Wildman–Crippen MR) is 94.7 cm³/mol. The Balaban J connectivity index is 1.88. The van der Waals surface area contributed by atoms with Gasteiger partial charge in [0.15, 0.2) is 0 Å². The van der Waals surface area contributed by atoms with Gasteiger partial charge in [-0.05, 0) is 73.9 Å². The molecule has 0 unspecified atom stereocenters. The highest BCUT2D eigenvalue weighted by Gasteiger charge is 2.28. The van der Waals surface area contributed by atoms with Crippen LogP contribution in [0.2, 0.25) is 0 Å². The fraction of sp³-hybridized carbons (Fsp3) is 0.381. The zero-order chi connectivity index (χ0) is 17.3. The fourth-order valence-electron chi connectivity index (χ4n) is 3.00. The summed E-state index contributed by atoms with van der Waals surface area (Å²) in [6.45, 7) is 8.10. The molecule has 2 aromatic rings. The number of rotatable bonds is 5. The molecule has 1 fully saturated rings. The Kier molecular flexibility index (Phi) is 4.61. The van der Waals surface area contributed by atoms with Crippen molar-refractivity contribution >= 4 is 5.97 Å². The van der Waals surface area contributed by atoms with Gasteiger partial charge in [0.25, 0.3) is 0 Å². The molecule has 0 aromatic heterocycles. The van der Waals surface area contributed by atoms with Crippen molar-refractivity contribution in [2.75, 3.05) is 0 Å². The number of carbonyl (C=O) groups is 1. The van der Waals surface area contributed by atoms with Crippen molar-refractivity contribution in [1.82, 2.24) is 0 Å². The van der Waals surface area contributed by atoms with Gasteiger partial charge >= 0.3 is 5.97 Å². The number of ether oxygens (including phenoxy) is 2. The zero-order valence-corrected chi connectivity index (χ0v) is 14.8. The molecular weight excluding hydrogens is 300 g/mol. The van der Waals surface area contributed by atoms with Crippen molar-refractivity contribution in [2.24, 2.45) is 0 Å². The van der Waals surface area contributed by atoms with Crippen LogP contribution in [0.15, 0.2) is 30.3 Å². The average molecular weight is 324 g/mol. The molecule has 2 aromatic carbocycles. The SMILES string of the molecule is CC(=O)Oc1cccc(C2CC2)c1COc1cc(C)c(C)cc1C. The fourth-order valence-corrected chi connectivity index (χ4v) is 3.00. The van der Waals surface area contributed by atoms with E-state index in [-0.39, 0.29) is 5.97 Å². The second-order valence-corrected chi connectivity index (χ2v) is 6.68. The normalized spacial score (nSPS) is 13.7. The molecule has 3 heteroatoms. The summed E-state index contributed by atoms with van der Waals surface area (Å²) in [5.74, 6) is 1.78. The van der Waals surface area contributed by atoms with E-state index in [0.717, 1.165) is 16.9 Å². The summed E-state index contributed by atoms with van der Waals surface area (Å²) in [4.78, 5) is 11.4. The summed E-state index contributed by atoms with van der Waals surface area (Å²) in [6, 6.07) is 10.1. The van der Waals surface area contributed by atoms with Crippen molar-refractivity contribution in [2.45, 2.75) is 53.1 Å². The smallest absolute Gasteiger partial charge is 0.308 e. The molecule has 0 radical (unpaired) electrons. The van der Waals surface area contributed by atoms with Crippen LogP contribution in [0.3, 0.4) is 0 Å². The molecule has 0 saturated heterocycles. The zero-order valence-electron chi connectivity index (χ0n) is 14.8. The van der Waals surface area contributed by atoms with Gasteiger partial charge < -0.3 is 9.47 Å². The molecule has 1 saturated carbocycles. The minimum atomic E-state index is -0.299. The van der Waals surface area contributed by atoms with Gasteiger partial charge in [0.2, 0.25) is 0 Å². The Morgan fingerprint density at radius 1 is 1.04 bits per heavy atom. The number of hydrogen-bond acceptors (Lipinski definition) is 3. The first-order valence-electron chi connectivity index (χ1n) is 8.46. The lowest BCUT2D eigenvalue weighted by Gasteiger charge is -2.16. The number of esters is 1. The minimum Gasteiger partial charge on any atom is -0.488 e. The molecule has 3 nitrogen and oxygen atoms in total. The van der Waals surface area contributed by atoms with Gasteiger partial charge in [0, 0.05) is 12.5 Å². The standard InChI is InChI=1S/C21H24O3/c1-13-10-15(3)21(11-14(13)2)23-12-19-18(17-8-9-17)6-5-7-20(19)24-16(4)22/h5-7,10-11,17H,8-9,12H2,1-4H3. The molecule has 1 aliphatic rings. The summed E-state index contributed by atoms with van der Waals surface area (Å²) < 4.78 is 11.5. The summed E-state index contributed by atoms with van der Waals surface area (Å²) in [7, 11) is 0. The Morgan fingerprint density at radius 2 is 1.75 bits per heavy atom. The van der Waals surface area contributed by atoms with E-state index in [1.54, 1.807) is 0 Å². The van der Waals surface area contributed by atoms with E-state index in [9.17, 15) is 4.79 Å². The van der Waals surface area contributed by atoms with Gasteiger partial charge in [-0.25, -0.2) is 0 Å². The Labute approximate surface area is 143 Å². The van der Waals surface area contributed by atoms with Gasteiger partial charge in [-0.3, -0.25) is 4.79 Å². The van der Waals surface area contributed by atoms with E-state index in [1.807, 2.05) is 12.1 Å². The maximum Gasteiger partial charge on any atom is 0.308 e. The van der Waals surface area contributed by atoms with E-state index in [2.05, 4.69) is 39.0 Å². The minimum absolute atomic E-state index is 0.299. The second-order valence-electron chi connectivity index (χ2n) is 6.68. The first-order chi connectivity index (χ1) is 11.5. The molecule has 1 aliphatic carbocycles. The van der Waals surface area contributed by atoms with Crippen LogP contribution in [0.1, 0.15) is 53.5 Å². The van der Waals surface area contributed by atoms with E-state index >= 15 is 0 Å².